The molecule has 0 spiro atoms. The summed E-state index contributed by atoms with van der Waals surface area (Å²) < 4.78 is 2.46. The molecule has 9 rings (SSSR count). The zero-order chi connectivity index (χ0) is 31.2. The Labute approximate surface area is 276 Å². The van der Waals surface area contributed by atoms with Gasteiger partial charge in [-0.25, -0.2) is 0 Å². The van der Waals surface area contributed by atoms with Gasteiger partial charge in [0.2, 0.25) is 0 Å². The molecule has 6 aromatic rings. The Morgan fingerprint density at radius 2 is 1.26 bits per heavy atom. The van der Waals surface area contributed by atoms with Crippen LogP contribution < -0.4 is 4.90 Å². The Bertz CT molecular complexity index is 2310. The summed E-state index contributed by atoms with van der Waals surface area (Å²) in [5, 5.41) is 1.31. The Morgan fingerprint density at radius 3 is 2.04 bits per heavy atom. The third-order valence-corrected chi connectivity index (χ3v) is 9.82. The van der Waals surface area contributed by atoms with Crippen LogP contribution in [0.25, 0.3) is 44.4 Å². The first-order valence-corrected chi connectivity index (χ1v) is 16.6. The molecule has 2 heteroatoms. The summed E-state index contributed by atoms with van der Waals surface area (Å²) in [6.07, 6.45) is 13.1. The average molecular weight is 603 g/mol. The molecular formula is C45H34N2. The summed E-state index contributed by atoms with van der Waals surface area (Å²) >= 11 is 0. The highest BCUT2D eigenvalue weighted by molar-refractivity contribution is 6.02. The second kappa shape index (κ2) is 11.5. The van der Waals surface area contributed by atoms with Gasteiger partial charge in [-0.3, -0.25) is 0 Å². The van der Waals surface area contributed by atoms with E-state index in [0.29, 0.717) is 0 Å². The number of benzene rings is 5. The highest BCUT2D eigenvalue weighted by Crippen LogP contribution is 2.43. The minimum absolute atomic E-state index is 0.953. The molecule has 0 amide bonds. The largest absolute Gasteiger partial charge is 0.307 e. The monoisotopic (exact) mass is 602 g/mol. The molecule has 1 aromatic heterocycles. The number of aryl methyl sites for hydroxylation is 1. The number of nitrogens with zero attached hydrogens (tertiary/aromatic N) is 2. The fourth-order valence-electron chi connectivity index (χ4n) is 7.57. The molecule has 0 saturated carbocycles. The molecular weight excluding hydrogens is 569 g/mol. The quantitative estimate of drug-likeness (QED) is 0.172. The minimum Gasteiger partial charge on any atom is -0.307 e. The summed E-state index contributed by atoms with van der Waals surface area (Å²) in [7, 11) is 0. The van der Waals surface area contributed by atoms with Crippen LogP contribution >= 0.6 is 0 Å². The molecule has 1 heterocycles. The lowest BCUT2D eigenvalue weighted by Gasteiger charge is -2.29. The van der Waals surface area contributed by atoms with Crippen molar-refractivity contribution in [3.05, 3.63) is 192 Å². The maximum atomic E-state index is 3.89. The SMILES string of the molecule is C1=C(N(C2=CC=C(c3ccccc3)CC2)c2ccc(-c3ccccc3)cc2)C=CC=1n1c2c(c3ccccc31)-c1ccccc1CC2. The molecule has 5 aromatic carbocycles. The number of aromatic nitrogens is 1. The van der Waals surface area contributed by atoms with Gasteiger partial charge in [0.25, 0.3) is 0 Å². The Hall–Kier alpha value is -5.82. The molecule has 0 N–H and O–H groups in total. The fourth-order valence-corrected chi connectivity index (χ4v) is 7.57. The van der Waals surface area contributed by atoms with Crippen molar-refractivity contribution >= 4 is 27.9 Å². The normalized spacial score (nSPS) is 15.0. The van der Waals surface area contributed by atoms with Gasteiger partial charge < -0.3 is 9.47 Å². The minimum atomic E-state index is 0.953. The number of hydrogen-bond donors (Lipinski definition) is 0. The summed E-state index contributed by atoms with van der Waals surface area (Å²) in [6.45, 7) is 0. The van der Waals surface area contributed by atoms with Crippen molar-refractivity contribution < 1.29 is 0 Å². The molecule has 0 atom stereocenters. The number of para-hydroxylation sites is 1. The molecule has 2 nitrogen and oxygen atoms in total. The van der Waals surface area contributed by atoms with Crippen molar-refractivity contribution in [2.24, 2.45) is 0 Å². The molecule has 0 unspecified atom stereocenters. The van der Waals surface area contributed by atoms with Crippen LogP contribution in [0.3, 0.4) is 0 Å². The van der Waals surface area contributed by atoms with Crippen molar-refractivity contribution in [3.63, 3.8) is 0 Å². The highest BCUT2D eigenvalue weighted by Gasteiger charge is 2.27. The van der Waals surface area contributed by atoms with Crippen LogP contribution in [0.5, 0.6) is 0 Å². The van der Waals surface area contributed by atoms with Gasteiger partial charge in [-0.1, -0.05) is 127 Å². The third-order valence-electron chi connectivity index (χ3n) is 9.82. The predicted octanol–water partition coefficient (Wildman–Crippen LogP) is 11.2. The Balaban J connectivity index is 1.19. The Kier molecular flexibility index (Phi) is 6.74. The van der Waals surface area contributed by atoms with Crippen LogP contribution in [0.1, 0.15) is 29.7 Å². The van der Waals surface area contributed by atoms with E-state index < -0.39 is 0 Å². The first kappa shape index (κ1) is 27.5. The van der Waals surface area contributed by atoms with Gasteiger partial charge in [-0.15, -0.1) is 0 Å². The smallest absolute Gasteiger partial charge is 0.0910 e. The summed E-state index contributed by atoms with van der Waals surface area (Å²) in [4.78, 5) is 2.41. The number of anilines is 1. The Morgan fingerprint density at radius 1 is 0.553 bits per heavy atom. The number of rotatable bonds is 6. The highest BCUT2D eigenvalue weighted by atomic mass is 15.2. The zero-order valence-corrected chi connectivity index (χ0v) is 26.2. The molecule has 3 aliphatic carbocycles. The van der Waals surface area contributed by atoms with Crippen molar-refractivity contribution in [2.75, 3.05) is 4.90 Å². The van der Waals surface area contributed by atoms with Gasteiger partial charge in [0.05, 0.1) is 16.9 Å². The van der Waals surface area contributed by atoms with Gasteiger partial charge in [-0.05, 0) is 95.5 Å². The first-order valence-electron chi connectivity index (χ1n) is 16.6. The van der Waals surface area contributed by atoms with Crippen molar-refractivity contribution in [2.45, 2.75) is 25.7 Å². The second-order valence-electron chi connectivity index (χ2n) is 12.5. The van der Waals surface area contributed by atoms with Crippen LogP contribution in [0, 0.1) is 0 Å². The number of hydrogen-bond acceptors (Lipinski definition) is 1. The van der Waals surface area contributed by atoms with Gasteiger partial charge in [0, 0.05) is 28.0 Å². The first-order chi connectivity index (χ1) is 23.3. The molecule has 0 saturated heterocycles. The van der Waals surface area contributed by atoms with E-state index in [1.54, 1.807) is 0 Å². The molecule has 224 valence electrons. The topological polar surface area (TPSA) is 8.17 Å². The van der Waals surface area contributed by atoms with E-state index in [9.17, 15) is 0 Å². The van der Waals surface area contributed by atoms with Gasteiger partial charge in [0.1, 0.15) is 0 Å². The molecule has 3 aliphatic rings. The molecule has 0 fully saturated rings. The standard InChI is InChI=1S/C45H34N2/c1-3-11-32(12-4-1)34-19-24-37(25-20-34)46(38-26-21-35(22-27-38)33-13-5-2-6-14-33)39-28-29-40(31-39)47-43-18-10-9-17-42(43)45-41-16-8-7-15-36(41)23-30-44(45)47/h1-21,24-26,28-29H,22-23,27,30H2. The zero-order valence-electron chi connectivity index (χ0n) is 26.2. The van der Waals surface area contributed by atoms with E-state index in [0.717, 1.165) is 42.8 Å². The fraction of sp³-hybridized carbons (Fsp3) is 0.0889. The van der Waals surface area contributed by atoms with Crippen molar-refractivity contribution in [1.82, 2.24) is 4.57 Å². The van der Waals surface area contributed by atoms with E-state index in [4.69, 9.17) is 0 Å². The van der Waals surface area contributed by atoms with E-state index in [1.165, 1.54) is 61.2 Å². The average Bonchev–Trinajstić information content (AvgIpc) is 3.76. The van der Waals surface area contributed by atoms with Crippen molar-refractivity contribution in [1.29, 1.82) is 0 Å². The maximum Gasteiger partial charge on any atom is 0.0910 e. The van der Waals surface area contributed by atoms with Gasteiger partial charge in [0.15, 0.2) is 0 Å². The van der Waals surface area contributed by atoms with E-state index in [2.05, 4.69) is 173 Å². The lowest BCUT2D eigenvalue weighted by molar-refractivity contribution is 0.876. The van der Waals surface area contributed by atoms with Crippen LogP contribution in [0.2, 0.25) is 0 Å². The molecule has 0 aliphatic heterocycles. The van der Waals surface area contributed by atoms with Crippen LogP contribution in [-0.4, -0.2) is 4.57 Å². The van der Waals surface area contributed by atoms with Crippen molar-refractivity contribution in [3.8, 4) is 22.3 Å². The predicted molar refractivity (Wildman–Crippen MR) is 197 cm³/mol. The van der Waals surface area contributed by atoms with Crippen LogP contribution in [0.15, 0.2) is 175 Å². The van der Waals surface area contributed by atoms with Gasteiger partial charge >= 0.3 is 0 Å². The maximum absolute atomic E-state index is 3.89. The van der Waals surface area contributed by atoms with E-state index in [1.807, 2.05) is 0 Å². The van der Waals surface area contributed by atoms with Gasteiger partial charge in [-0.2, -0.15) is 0 Å². The molecule has 47 heavy (non-hydrogen) atoms. The summed E-state index contributed by atoms with van der Waals surface area (Å²) in [5.41, 5.74) is 20.4. The van der Waals surface area contributed by atoms with Crippen LogP contribution in [-0.2, 0) is 12.8 Å². The van der Waals surface area contributed by atoms with E-state index in [-0.39, 0.29) is 0 Å². The summed E-state index contributed by atoms with van der Waals surface area (Å²) in [6, 6.07) is 48.1. The number of fused-ring (bicyclic) bond motifs is 5. The molecule has 0 radical (unpaired) electrons. The molecule has 0 bridgehead atoms. The van der Waals surface area contributed by atoms with Crippen LogP contribution in [0.4, 0.5) is 5.69 Å². The summed E-state index contributed by atoms with van der Waals surface area (Å²) in [5.74, 6) is 0. The lowest BCUT2D eigenvalue weighted by Crippen LogP contribution is -2.21. The number of allylic oxidation sites excluding steroid dienone is 6. The second-order valence-corrected chi connectivity index (χ2v) is 12.5. The lowest BCUT2D eigenvalue weighted by atomic mass is 9.88. The third kappa shape index (κ3) is 4.82. The van der Waals surface area contributed by atoms with E-state index >= 15 is 0 Å².